The number of ether oxygens (including phenoxy) is 2. The van der Waals surface area contributed by atoms with E-state index in [1.807, 2.05) is 0 Å². The highest BCUT2D eigenvalue weighted by Crippen LogP contribution is 2.26. The van der Waals surface area contributed by atoms with Crippen molar-refractivity contribution in [1.82, 2.24) is 0 Å². The lowest BCUT2D eigenvalue weighted by Gasteiger charge is -2.17. The number of hydrogen-bond acceptors (Lipinski definition) is 5. The molecule has 7 heteroatoms. The normalized spacial score (nSPS) is 11.2. The summed E-state index contributed by atoms with van der Waals surface area (Å²) in [7, 11) is 3.14. The lowest BCUT2D eigenvalue weighted by Crippen LogP contribution is -2.31. The molecular weight excluding hydrogens is 334 g/mol. The average molecular weight is 357 g/mol. The summed E-state index contributed by atoms with van der Waals surface area (Å²) in [4.78, 5) is 23.4. The topological polar surface area (TPSA) is 88.7 Å². The van der Waals surface area contributed by atoms with Crippen molar-refractivity contribution in [2.75, 3.05) is 30.2 Å². The second kappa shape index (κ2) is 8.75. The number of amides is 2. The fourth-order valence-electron chi connectivity index (χ4n) is 2.30. The Hall–Kier alpha value is -3.22. The van der Waals surface area contributed by atoms with E-state index in [1.165, 1.54) is 6.92 Å². The van der Waals surface area contributed by atoms with Crippen molar-refractivity contribution in [2.45, 2.75) is 19.9 Å². The van der Waals surface area contributed by atoms with Crippen molar-refractivity contribution in [3.05, 3.63) is 42.5 Å². The van der Waals surface area contributed by atoms with Crippen LogP contribution >= 0.6 is 0 Å². The largest absolute Gasteiger partial charge is 0.497 e. The minimum atomic E-state index is -0.484. The third-order valence-electron chi connectivity index (χ3n) is 3.60. The van der Waals surface area contributed by atoms with Gasteiger partial charge in [-0.25, -0.2) is 0 Å². The van der Waals surface area contributed by atoms with Crippen molar-refractivity contribution in [2.24, 2.45) is 0 Å². The molecular formula is C19H23N3O4. The molecule has 0 saturated heterocycles. The maximum absolute atomic E-state index is 12.4. The third-order valence-corrected chi connectivity index (χ3v) is 3.60. The molecule has 0 fully saturated rings. The standard InChI is InChI=1S/C19H23N3O4/c1-12(20-16-9-17(25-3)11-18(10-16)26-4)19(24)22-15-7-5-14(6-8-15)21-13(2)23/h5-12,20H,1-4H3,(H,21,23)(H,22,24)/t12-/m0/s1. The third kappa shape index (κ3) is 5.41. The molecule has 3 N–H and O–H groups in total. The number of methoxy groups -OCH3 is 2. The van der Waals surface area contributed by atoms with Gasteiger partial charge in [0, 0.05) is 42.2 Å². The Labute approximate surface area is 152 Å². The van der Waals surface area contributed by atoms with E-state index in [-0.39, 0.29) is 11.8 Å². The average Bonchev–Trinajstić information content (AvgIpc) is 2.62. The maximum Gasteiger partial charge on any atom is 0.246 e. The molecule has 0 aliphatic carbocycles. The van der Waals surface area contributed by atoms with Crippen molar-refractivity contribution in [3.8, 4) is 11.5 Å². The first kappa shape index (κ1) is 19.1. The first-order valence-electron chi connectivity index (χ1n) is 8.09. The molecule has 2 aromatic carbocycles. The van der Waals surface area contributed by atoms with Crippen molar-refractivity contribution in [3.63, 3.8) is 0 Å². The highest BCUT2D eigenvalue weighted by Gasteiger charge is 2.14. The summed E-state index contributed by atoms with van der Waals surface area (Å²) >= 11 is 0. The molecule has 0 saturated carbocycles. The van der Waals surface area contributed by atoms with Gasteiger partial charge < -0.3 is 25.4 Å². The molecule has 0 aromatic heterocycles. The summed E-state index contributed by atoms with van der Waals surface area (Å²) in [5, 5.41) is 8.62. The Morgan fingerprint density at radius 3 is 1.81 bits per heavy atom. The molecule has 0 heterocycles. The Balaban J connectivity index is 2.00. The first-order chi connectivity index (χ1) is 12.4. The number of nitrogens with one attached hydrogen (secondary N) is 3. The highest BCUT2D eigenvalue weighted by atomic mass is 16.5. The van der Waals surface area contributed by atoms with E-state index in [0.717, 1.165) is 0 Å². The fourth-order valence-corrected chi connectivity index (χ4v) is 2.30. The van der Waals surface area contributed by atoms with Crippen LogP contribution in [0.1, 0.15) is 13.8 Å². The van der Waals surface area contributed by atoms with Crippen molar-refractivity contribution < 1.29 is 19.1 Å². The van der Waals surface area contributed by atoms with E-state index in [2.05, 4.69) is 16.0 Å². The molecule has 1 atom stereocenters. The van der Waals surface area contributed by atoms with E-state index < -0.39 is 6.04 Å². The molecule has 0 aliphatic rings. The summed E-state index contributed by atoms with van der Waals surface area (Å²) in [6.07, 6.45) is 0. The van der Waals surface area contributed by atoms with E-state index in [1.54, 1.807) is 63.6 Å². The molecule has 0 aliphatic heterocycles. The van der Waals surface area contributed by atoms with Gasteiger partial charge in [0.05, 0.1) is 14.2 Å². The van der Waals surface area contributed by atoms with Crippen LogP contribution in [-0.4, -0.2) is 32.1 Å². The number of carbonyl (C=O) groups is 2. The summed E-state index contributed by atoms with van der Waals surface area (Å²) in [6, 6.07) is 11.7. The SMILES string of the molecule is COc1cc(N[C@@H](C)C(=O)Nc2ccc(NC(C)=O)cc2)cc(OC)c1. The Morgan fingerprint density at radius 1 is 0.846 bits per heavy atom. The van der Waals surface area contributed by atoms with Crippen LogP contribution in [0.25, 0.3) is 0 Å². The minimum absolute atomic E-state index is 0.145. The molecule has 138 valence electrons. The molecule has 0 radical (unpaired) electrons. The van der Waals surface area contributed by atoms with Gasteiger partial charge in [-0.05, 0) is 31.2 Å². The molecule has 2 rings (SSSR count). The van der Waals surface area contributed by atoms with Crippen LogP contribution in [0.5, 0.6) is 11.5 Å². The van der Waals surface area contributed by atoms with E-state index >= 15 is 0 Å². The fraction of sp³-hybridized carbons (Fsp3) is 0.263. The minimum Gasteiger partial charge on any atom is -0.497 e. The van der Waals surface area contributed by atoms with Crippen LogP contribution in [0.4, 0.5) is 17.1 Å². The number of benzene rings is 2. The summed E-state index contributed by atoms with van der Waals surface area (Å²) < 4.78 is 10.4. The van der Waals surface area contributed by atoms with Crippen LogP contribution < -0.4 is 25.4 Å². The number of carbonyl (C=O) groups excluding carboxylic acids is 2. The van der Waals surface area contributed by atoms with Gasteiger partial charge in [0.25, 0.3) is 0 Å². The van der Waals surface area contributed by atoms with Gasteiger partial charge in [-0.3, -0.25) is 9.59 Å². The Kier molecular flexibility index (Phi) is 6.43. The summed E-state index contributed by atoms with van der Waals surface area (Å²) in [5.41, 5.74) is 2.02. The summed E-state index contributed by atoms with van der Waals surface area (Å²) in [6.45, 7) is 3.20. The quantitative estimate of drug-likeness (QED) is 0.709. The van der Waals surface area contributed by atoms with Gasteiger partial charge in [-0.1, -0.05) is 0 Å². The van der Waals surface area contributed by atoms with Crippen LogP contribution in [0.3, 0.4) is 0 Å². The first-order valence-corrected chi connectivity index (χ1v) is 8.09. The number of anilines is 3. The van der Waals surface area contributed by atoms with Gasteiger partial charge in [-0.15, -0.1) is 0 Å². The zero-order chi connectivity index (χ0) is 19.1. The second-order valence-electron chi connectivity index (χ2n) is 5.72. The molecule has 0 spiro atoms. The predicted molar refractivity (Wildman–Crippen MR) is 102 cm³/mol. The van der Waals surface area contributed by atoms with Gasteiger partial charge in [0.2, 0.25) is 11.8 Å². The van der Waals surface area contributed by atoms with Gasteiger partial charge in [0.1, 0.15) is 17.5 Å². The number of rotatable bonds is 7. The Bertz CT molecular complexity index is 753. The molecule has 2 aromatic rings. The van der Waals surface area contributed by atoms with Gasteiger partial charge in [-0.2, -0.15) is 0 Å². The predicted octanol–water partition coefficient (Wildman–Crippen LogP) is 3.10. The maximum atomic E-state index is 12.4. The lowest BCUT2D eigenvalue weighted by molar-refractivity contribution is -0.116. The van der Waals surface area contributed by atoms with E-state index in [4.69, 9.17) is 9.47 Å². The second-order valence-corrected chi connectivity index (χ2v) is 5.72. The van der Waals surface area contributed by atoms with Crippen molar-refractivity contribution >= 4 is 28.9 Å². The molecule has 2 amide bonds. The smallest absolute Gasteiger partial charge is 0.246 e. The summed E-state index contributed by atoms with van der Waals surface area (Å²) in [5.74, 6) is 0.924. The molecule has 7 nitrogen and oxygen atoms in total. The van der Waals surface area contributed by atoms with Gasteiger partial charge in [0.15, 0.2) is 0 Å². The van der Waals surface area contributed by atoms with Crippen molar-refractivity contribution in [1.29, 1.82) is 0 Å². The van der Waals surface area contributed by atoms with Crippen LogP contribution in [-0.2, 0) is 9.59 Å². The van der Waals surface area contributed by atoms with E-state index in [0.29, 0.717) is 28.6 Å². The molecule has 0 unspecified atom stereocenters. The zero-order valence-corrected chi connectivity index (χ0v) is 15.3. The van der Waals surface area contributed by atoms with Crippen LogP contribution in [0.2, 0.25) is 0 Å². The van der Waals surface area contributed by atoms with Crippen LogP contribution in [0.15, 0.2) is 42.5 Å². The van der Waals surface area contributed by atoms with E-state index in [9.17, 15) is 9.59 Å². The monoisotopic (exact) mass is 357 g/mol. The Morgan fingerprint density at radius 2 is 1.35 bits per heavy atom. The van der Waals surface area contributed by atoms with Crippen LogP contribution in [0, 0.1) is 0 Å². The molecule has 26 heavy (non-hydrogen) atoms. The zero-order valence-electron chi connectivity index (χ0n) is 15.3. The highest BCUT2D eigenvalue weighted by molar-refractivity contribution is 5.96. The lowest BCUT2D eigenvalue weighted by atomic mass is 10.2. The number of hydrogen-bond donors (Lipinski definition) is 3. The molecule has 0 bridgehead atoms. The van der Waals surface area contributed by atoms with Gasteiger partial charge >= 0.3 is 0 Å².